The number of amides is 1. The molecule has 0 aliphatic rings. The lowest BCUT2D eigenvalue weighted by molar-refractivity contribution is -0.127. The minimum absolute atomic E-state index is 0.174. The lowest BCUT2D eigenvalue weighted by atomic mass is 10.3. The van der Waals surface area contributed by atoms with Crippen LogP contribution in [0.5, 0.6) is 5.75 Å². The van der Waals surface area contributed by atoms with Crippen LogP contribution in [0.1, 0.15) is 12.7 Å². The van der Waals surface area contributed by atoms with E-state index >= 15 is 0 Å². The molecule has 2 aromatic heterocycles. The second-order valence-corrected chi connectivity index (χ2v) is 6.32. The van der Waals surface area contributed by atoms with Gasteiger partial charge in [-0.05, 0) is 38.1 Å². The predicted octanol–water partition coefficient (Wildman–Crippen LogP) is 2.92. The molecule has 3 N–H and O–H groups in total. The summed E-state index contributed by atoms with van der Waals surface area (Å²) < 4.78 is 5.61. The number of carbonyl (C=O) groups excluding carboxylic acids is 1. The fourth-order valence-corrected chi connectivity index (χ4v) is 2.57. The number of pyridine rings is 1. The van der Waals surface area contributed by atoms with E-state index in [2.05, 4.69) is 30.9 Å². The topological polar surface area (TPSA) is 101 Å². The zero-order valence-corrected chi connectivity index (χ0v) is 16.4. The average molecular weight is 392 g/mol. The Hall–Kier alpha value is -3.68. The zero-order valence-electron chi connectivity index (χ0n) is 16.4. The molecule has 0 spiro atoms. The monoisotopic (exact) mass is 392 g/mol. The van der Waals surface area contributed by atoms with Crippen LogP contribution in [0, 0.1) is 6.92 Å². The molecule has 8 heteroatoms. The van der Waals surface area contributed by atoms with Crippen molar-refractivity contribution in [1.82, 2.24) is 20.3 Å². The zero-order chi connectivity index (χ0) is 20.5. The van der Waals surface area contributed by atoms with Gasteiger partial charge >= 0.3 is 0 Å². The SMILES string of the molecule is Cc1nc(NCCNC(=O)C(C)Oc2ccccc2)cc(Nc2ccccn2)n1. The molecule has 3 aromatic rings. The van der Waals surface area contributed by atoms with Crippen LogP contribution in [-0.2, 0) is 4.79 Å². The van der Waals surface area contributed by atoms with Crippen LogP contribution in [0.3, 0.4) is 0 Å². The summed E-state index contributed by atoms with van der Waals surface area (Å²) in [6.07, 6.45) is 1.13. The minimum atomic E-state index is -0.576. The highest BCUT2D eigenvalue weighted by molar-refractivity contribution is 5.80. The number of carbonyl (C=O) groups is 1. The molecule has 0 fully saturated rings. The minimum Gasteiger partial charge on any atom is -0.481 e. The maximum atomic E-state index is 12.2. The number of hydrogen-bond acceptors (Lipinski definition) is 7. The highest BCUT2D eigenvalue weighted by Gasteiger charge is 2.13. The number of anilines is 3. The lowest BCUT2D eigenvalue weighted by Gasteiger charge is -2.15. The standard InChI is InChI=1S/C21H24N6O2/c1-15(29-17-8-4-3-5-9-17)21(28)24-13-12-23-19-14-20(26-16(2)25-19)27-18-10-6-7-11-22-18/h3-11,14-15H,12-13H2,1-2H3,(H,24,28)(H2,22,23,25,26,27). The van der Waals surface area contributed by atoms with Gasteiger partial charge in [0.05, 0.1) is 0 Å². The molecule has 0 aliphatic carbocycles. The summed E-state index contributed by atoms with van der Waals surface area (Å²) in [4.78, 5) is 25.1. The van der Waals surface area contributed by atoms with Crippen LogP contribution < -0.4 is 20.7 Å². The predicted molar refractivity (Wildman–Crippen MR) is 112 cm³/mol. The number of nitrogens with zero attached hydrogens (tertiary/aromatic N) is 3. The molecule has 0 saturated heterocycles. The first-order valence-corrected chi connectivity index (χ1v) is 9.37. The van der Waals surface area contributed by atoms with Gasteiger partial charge in [0.1, 0.15) is 29.0 Å². The van der Waals surface area contributed by atoms with Crippen molar-refractivity contribution < 1.29 is 9.53 Å². The van der Waals surface area contributed by atoms with Crippen molar-refractivity contribution in [2.45, 2.75) is 20.0 Å². The molecule has 1 unspecified atom stereocenters. The molecule has 0 bridgehead atoms. The van der Waals surface area contributed by atoms with Gasteiger partial charge in [0, 0.05) is 25.4 Å². The maximum absolute atomic E-state index is 12.2. The second-order valence-electron chi connectivity index (χ2n) is 6.32. The van der Waals surface area contributed by atoms with Gasteiger partial charge in [-0.1, -0.05) is 24.3 Å². The number of hydrogen-bond donors (Lipinski definition) is 3. The maximum Gasteiger partial charge on any atom is 0.260 e. The Morgan fingerprint density at radius 2 is 1.76 bits per heavy atom. The first-order chi connectivity index (χ1) is 14.1. The number of ether oxygens (including phenoxy) is 1. The van der Waals surface area contributed by atoms with E-state index in [1.165, 1.54) is 0 Å². The number of aromatic nitrogens is 3. The molecular formula is C21H24N6O2. The van der Waals surface area contributed by atoms with Crippen molar-refractivity contribution in [3.63, 3.8) is 0 Å². The second kappa shape index (κ2) is 10.0. The summed E-state index contributed by atoms with van der Waals surface area (Å²) in [5.74, 6) is 3.13. The third-order valence-corrected chi connectivity index (χ3v) is 3.91. The molecule has 150 valence electrons. The van der Waals surface area contributed by atoms with Crippen molar-refractivity contribution in [3.05, 3.63) is 66.6 Å². The Kier molecular flexibility index (Phi) is 6.94. The Morgan fingerprint density at radius 3 is 2.52 bits per heavy atom. The van der Waals surface area contributed by atoms with Crippen LogP contribution in [0.15, 0.2) is 60.8 Å². The Morgan fingerprint density at radius 1 is 1.00 bits per heavy atom. The third-order valence-electron chi connectivity index (χ3n) is 3.91. The smallest absolute Gasteiger partial charge is 0.260 e. The van der Waals surface area contributed by atoms with Gasteiger partial charge < -0.3 is 20.7 Å². The fourth-order valence-electron chi connectivity index (χ4n) is 2.57. The van der Waals surface area contributed by atoms with Gasteiger partial charge in [-0.25, -0.2) is 15.0 Å². The average Bonchev–Trinajstić information content (AvgIpc) is 2.72. The largest absolute Gasteiger partial charge is 0.481 e. The van der Waals surface area contributed by atoms with Crippen LogP contribution >= 0.6 is 0 Å². The van der Waals surface area contributed by atoms with Crippen molar-refractivity contribution in [2.75, 3.05) is 23.7 Å². The van der Waals surface area contributed by atoms with Crippen molar-refractivity contribution in [1.29, 1.82) is 0 Å². The fraction of sp³-hybridized carbons (Fsp3) is 0.238. The van der Waals surface area contributed by atoms with E-state index in [9.17, 15) is 4.79 Å². The van der Waals surface area contributed by atoms with Crippen LogP contribution in [0.4, 0.5) is 17.5 Å². The van der Waals surface area contributed by atoms with Gasteiger partial charge in [0.25, 0.3) is 5.91 Å². The van der Waals surface area contributed by atoms with Gasteiger partial charge in [0.2, 0.25) is 0 Å². The summed E-state index contributed by atoms with van der Waals surface area (Å²) >= 11 is 0. The molecule has 0 radical (unpaired) electrons. The molecule has 0 saturated carbocycles. The van der Waals surface area contributed by atoms with Gasteiger partial charge in [-0.15, -0.1) is 0 Å². The molecule has 29 heavy (non-hydrogen) atoms. The molecule has 2 heterocycles. The van der Waals surface area contributed by atoms with Gasteiger partial charge in [-0.2, -0.15) is 0 Å². The number of para-hydroxylation sites is 1. The highest BCUT2D eigenvalue weighted by atomic mass is 16.5. The number of nitrogens with one attached hydrogen (secondary N) is 3. The molecule has 0 aliphatic heterocycles. The Balaban J connectivity index is 1.45. The van der Waals surface area contributed by atoms with E-state index in [1.807, 2.05) is 55.5 Å². The van der Waals surface area contributed by atoms with Gasteiger partial charge in [0.15, 0.2) is 6.10 Å². The molecule has 1 aromatic carbocycles. The molecule has 1 atom stereocenters. The third kappa shape index (κ3) is 6.46. The van der Waals surface area contributed by atoms with E-state index < -0.39 is 6.10 Å². The Bertz CT molecular complexity index is 921. The summed E-state index contributed by atoms with van der Waals surface area (Å²) in [5, 5.41) is 9.18. The summed E-state index contributed by atoms with van der Waals surface area (Å²) in [7, 11) is 0. The van der Waals surface area contributed by atoms with E-state index in [0.717, 1.165) is 0 Å². The van der Waals surface area contributed by atoms with Crippen molar-refractivity contribution in [3.8, 4) is 5.75 Å². The van der Waals surface area contributed by atoms with E-state index in [-0.39, 0.29) is 5.91 Å². The van der Waals surface area contributed by atoms with E-state index in [0.29, 0.717) is 42.1 Å². The summed E-state index contributed by atoms with van der Waals surface area (Å²) in [6, 6.07) is 16.7. The summed E-state index contributed by atoms with van der Waals surface area (Å²) in [5.41, 5.74) is 0. The number of benzene rings is 1. The molecule has 3 rings (SSSR count). The van der Waals surface area contributed by atoms with Crippen molar-refractivity contribution >= 4 is 23.4 Å². The van der Waals surface area contributed by atoms with Gasteiger partial charge in [-0.3, -0.25) is 4.79 Å². The van der Waals surface area contributed by atoms with E-state index in [4.69, 9.17) is 4.74 Å². The van der Waals surface area contributed by atoms with Crippen LogP contribution in [0.2, 0.25) is 0 Å². The number of rotatable bonds is 9. The Labute approximate surface area is 169 Å². The summed E-state index contributed by atoms with van der Waals surface area (Å²) in [6.45, 7) is 4.49. The molecular weight excluding hydrogens is 368 g/mol. The molecule has 8 nitrogen and oxygen atoms in total. The quantitative estimate of drug-likeness (QED) is 0.481. The highest BCUT2D eigenvalue weighted by Crippen LogP contribution is 2.15. The first kappa shape index (κ1) is 20.1. The van der Waals surface area contributed by atoms with Crippen LogP contribution in [-0.4, -0.2) is 40.1 Å². The normalized spacial score (nSPS) is 11.4. The van der Waals surface area contributed by atoms with Crippen molar-refractivity contribution in [2.24, 2.45) is 0 Å². The molecule has 1 amide bonds. The van der Waals surface area contributed by atoms with E-state index in [1.54, 1.807) is 19.2 Å². The first-order valence-electron chi connectivity index (χ1n) is 9.37. The number of aryl methyl sites for hydroxylation is 1. The lowest BCUT2D eigenvalue weighted by Crippen LogP contribution is -2.38. The van der Waals surface area contributed by atoms with Crippen LogP contribution in [0.25, 0.3) is 0 Å².